The molecule has 6 heteroatoms. The molecule has 3 aliphatic rings. The average Bonchev–Trinajstić information content (AvgIpc) is 3.47. The van der Waals surface area contributed by atoms with Crippen LogP contribution in [0.25, 0.3) is 0 Å². The van der Waals surface area contributed by atoms with Gasteiger partial charge in [-0.1, -0.05) is 0 Å². The van der Waals surface area contributed by atoms with E-state index in [0.29, 0.717) is 23.0 Å². The van der Waals surface area contributed by atoms with Crippen molar-refractivity contribution in [1.29, 1.82) is 0 Å². The highest BCUT2D eigenvalue weighted by Crippen LogP contribution is 2.58. The second kappa shape index (κ2) is 6.59. The summed E-state index contributed by atoms with van der Waals surface area (Å²) in [6, 6.07) is 3.16. The monoisotopic (exact) mass is 370 g/mol. The number of hydrogen-bond donors (Lipinski definition) is 0. The van der Waals surface area contributed by atoms with Gasteiger partial charge >= 0.3 is 11.9 Å². The van der Waals surface area contributed by atoms with Crippen molar-refractivity contribution in [1.82, 2.24) is 0 Å². The summed E-state index contributed by atoms with van der Waals surface area (Å²) in [4.78, 5) is 24.9. The van der Waals surface area contributed by atoms with Gasteiger partial charge in [0.05, 0.1) is 23.7 Å². The normalized spacial score (nSPS) is 34.2. The maximum absolute atomic E-state index is 12.4. The SMILES string of the molecule is O=C(OC1CC2C3CC[C@@H](C3)C2CC1OC(=O)c1ccoc1)c1ccoc1. The van der Waals surface area contributed by atoms with E-state index in [-0.39, 0.29) is 0 Å². The zero-order chi connectivity index (χ0) is 18.4. The summed E-state index contributed by atoms with van der Waals surface area (Å²) in [7, 11) is 0. The largest absolute Gasteiger partial charge is 0.472 e. The molecule has 0 N–H and O–H groups in total. The van der Waals surface area contributed by atoms with Crippen molar-refractivity contribution in [3.05, 3.63) is 48.3 Å². The number of carbonyl (C=O) groups excluding carboxylic acids is 2. The molecule has 3 aliphatic carbocycles. The Labute approximate surface area is 156 Å². The molecule has 2 aromatic heterocycles. The Hall–Kier alpha value is -2.50. The molecule has 3 saturated carbocycles. The highest BCUT2D eigenvalue weighted by atomic mass is 16.6. The van der Waals surface area contributed by atoms with Gasteiger partial charge in [-0.3, -0.25) is 0 Å². The molecule has 2 aromatic rings. The molecular formula is C21H22O6. The van der Waals surface area contributed by atoms with Crippen molar-refractivity contribution >= 4 is 11.9 Å². The van der Waals surface area contributed by atoms with Gasteiger partial charge in [0, 0.05) is 0 Å². The third-order valence-corrected chi connectivity index (χ3v) is 6.73. The smallest absolute Gasteiger partial charge is 0.341 e. The number of fused-ring (bicyclic) bond motifs is 5. The van der Waals surface area contributed by atoms with E-state index in [1.165, 1.54) is 44.3 Å². The zero-order valence-electron chi connectivity index (χ0n) is 14.9. The number of ether oxygens (including phenoxy) is 2. The molecule has 0 saturated heterocycles. The van der Waals surface area contributed by atoms with E-state index in [2.05, 4.69) is 0 Å². The molecular weight excluding hydrogens is 348 g/mol. The Kier molecular flexibility index (Phi) is 4.06. The number of carbonyl (C=O) groups is 2. The standard InChI is InChI=1S/C21H22O6/c22-20(14-3-5-24-10-14)26-18-8-16-12-1-2-13(7-12)17(16)9-19(18)27-21(23)15-4-6-25-11-15/h3-6,10-13,16-19H,1-2,7-9H2/t12-,13?,16?,17?,18?,19?/m0/s1. The fourth-order valence-electron chi connectivity index (χ4n) is 5.52. The Morgan fingerprint density at radius 3 is 1.67 bits per heavy atom. The summed E-state index contributed by atoms with van der Waals surface area (Å²) < 4.78 is 21.5. The third-order valence-electron chi connectivity index (χ3n) is 6.73. The van der Waals surface area contributed by atoms with Gasteiger partial charge in [0.15, 0.2) is 0 Å². The third kappa shape index (κ3) is 2.97. The van der Waals surface area contributed by atoms with Crippen LogP contribution in [0.5, 0.6) is 0 Å². The highest BCUT2D eigenvalue weighted by Gasteiger charge is 2.53. The van der Waals surface area contributed by atoms with Gasteiger partial charge in [-0.15, -0.1) is 0 Å². The summed E-state index contributed by atoms with van der Waals surface area (Å²) >= 11 is 0. The Morgan fingerprint density at radius 1 is 0.778 bits per heavy atom. The summed E-state index contributed by atoms with van der Waals surface area (Å²) in [6.07, 6.45) is 10.1. The van der Waals surface area contributed by atoms with E-state index < -0.39 is 24.1 Å². The van der Waals surface area contributed by atoms with E-state index in [1.54, 1.807) is 12.1 Å². The second-order valence-electron chi connectivity index (χ2n) is 8.04. The van der Waals surface area contributed by atoms with E-state index >= 15 is 0 Å². The molecule has 5 rings (SSSR count). The number of furan rings is 2. The number of hydrogen-bond acceptors (Lipinski definition) is 6. The van der Waals surface area contributed by atoms with E-state index in [9.17, 15) is 9.59 Å². The first-order chi connectivity index (χ1) is 13.2. The first-order valence-electron chi connectivity index (χ1n) is 9.65. The van der Waals surface area contributed by atoms with Gasteiger partial charge in [-0.25, -0.2) is 9.59 Å². The van der Waals surface area contributed by atoms with Crippen LogP contribution >= 0.6 is 0 Å². The minimum Gasteiger partial charge on any atom is -0.472 e. The molecule has 0 amide bonds. The van der Waals surface area contributed by atoms with Gasteiger partial charge in [0.25, 0.3) is 0 Å². The predicted octanol–water partition coefficient (Wildman–Crippen LogP) is 4.08. The Balaban J connectivity index is 1.35. The van der Waals surface area contributed by atoms with Crippen molar-refractivity contribution in [2.45, 2.75) is 44.3 Å². The molecule has 3 fully saturated rings. The van der Waals surface area contributed by atoms with Crippen LogP contribution in [0, 0.1) is 23.7 Å². The fraction of sp³-hybridized carbons (Fsp3) is 0.524. The van der Waals surface area contributed by atoms with Gasteiger partial charge in [-0.2, -0.15) is 0 Å². The van der Waals surface area contributed by atoms with Crippen molar-refractivity contribution in [3.63, 3.8) is 0 Å². The molecule has 142 valence electrons. The van der Waals surface area contributed by atoms with E-state index in [4.69, 9.17) is 18.3 Å². The van der Waals surface area contributed by atoms with Crippen LogP contribution in [-0.4, -0.2) is 24.1 Å². The molecule has 6 atom stereocenters. The van der Waals surface area contributed by atoms with Crippen molar-refractivity contribution in [2.75, 3.05) is 0 Å². The maximum atomic E-state index is 12.4. The van der Waals surface area contributed by atoms with E-state index in [1.807, 2.05) is 0 Å². The quantitative estimate of drug-likeness (QED) is 0.755. The van der Waals surface area contributed by atoms with Crippen molar-refractivity contribution in [3.8, 4) is 0 Å². The van der Waals surface area contributed by atoms with Crippen LogP contribution in [0.3, 0.4) is 0 Å². The van der Waals surface area contributed by atoms with Gasteiger partial charge < -0.3 is 18.3 Å². The molecule has 2 heterocycles. The lowest BCUT2D eigenvalue weighted by atomic mass is 9.69. The van der Waals surface area contributed by atoms with Gasteiger partial charge in [-0.05, 0) is 67.9 Å². The maximum Gasteiger partial charge on any atom is 0.341 e. The van der Waals surface area contributed by atoms with E-state index in [0.717, 1.165) is 24.7 Å². The summed E-state index contributed by atoms with van der Waals surface area (Å²) in [5.74, 6) is 1.71. The minimum atomic E-state index is -0.431. The summed E-state index contributed by atoms with van der Waals surface area (Å²) in [5.41, 5.74) is 0.759. The molecule has 0 spiro atoms. The molecule has 2 bridgehead atoms. The number of rotatable bonds is 4. The van der Waals surface area contributed by atoms with Crippen molar-refractivity contribution < 1.29 is 27.9 Å². The van der Waals surface area contributed by atoms with Crippen LogP contribution in [0.2, 0.25) is 0 Å². The number of esters is 2. The Bertz CT molecular complexity index is 740. The molecule has 0 aromatic carbocycles. The first-order valence-corrected chi connectivity index (χ1v) is 9.65. The van der Waals surface area contributed by atoms with Crippen LogP contribution < -0.4 is 0 Å². The molecule has 27 heavy (non-hydrogen) atoms. The lowest BCUT2D eigenvalue weighted by Crippen LogP contribution is -2.45. The van der Waals surface area contributed by atoms with Crippen LogP contribution in [0.4, 0.5) is 0 Å². The second-order valence-corrected chi connectivity index (χ2v) is 8.04. The van der Waals surface area contributed by atoms with Crippen LogP contribution in [-0.2, 0) is 9.47 Å². The predicted molar refractivity (Wildman–Crippen MR) is 92.9 cm³/mol. The lowest BCUT2D eigenvalue weighted by molar-refractivity contribution is -0.0822. The van der Waals surface area contributed by atoms with Gasteiger partial charge in [0.1, 0.15) is 24.7 Å². The van der Waals surface area contributed by atoms with Crippen LogP contribution in [0.1, 0.15) is 52.8 Å². The summed E-state index contributed by atoms with van der Waals surface area (Å²) in [5, 5.41) is 0. The Morgan fingerprint density at radius 2 is 1.26 bits per heavy atom. The lowest BCUT2D eigenvalue weighted by Gasteiger charge is -2.42. The zero-order valence-corrected chi connectivity index (χ0v) is 14.9. The molecule has 0 radical (unpaired) electrons. The fourth-order valence-corrected chi connectivity index (χ4v) is 5.52. The topological polar surface area (TPSA) is 78.9 Å². The highest BCUT2D eigenvalue weighted by molar-refractivity contribution is 5.90. The molecule has 0 aliphatic heterocycles. The van der Waals surface area contributed by atoms with Crippen LogP contribution in [0.15, 0.2) is 46.0 Å². The van der Waals surface area contributed by atoms with Crippen molar-refractivity contribution in [2.24, 2.45) is 23.7 Å². The molecule has 6 nitrogen and oxygen atoms in total. The van der Waals surface area contributed by atoms with Gasteiger partial charge in [0.2, 0.25) is 0 Å². The minimum absolute atomic E-state index is 0.380. The average molecular weight is 370 g/mol. The summed E-state index contributed by atoms with van der Waals surface area (Å²) in [6.45, 7) is 0. The first kappa shape index (κ1) is 16.7. The molecule has 5 unspecified atom stereocenters.